The molecular formula is C11H15N3O2S. The molecule has 92 valence electrons. The normalized spacial score (nSPS) is 16.7. The quantitative estimate of drug-likeness (QED) is 0.887. The maximum Gasteiger partial charge on any atom is 0.245 e. The third-order valence-corrected chi connectivity index (χ3v) is 3.37. The summed E-state index contributed by atoms with van der Waals surface area (Å²) >= 11 is 1.37. The Bertz CT molecular complexity index is 391. The smallest absolute Gasteiger partial charge is 0.245 e. The fraction of sp³-hybridized carbons (Fsp3) is 0.545. The second-order valence-corrected chi connectivity index (χ2v) is 4.91. The van der Waals surface area contributed by atoms with Crippen molar-refractivity contribution < 1.29 is 9.59 Å². The molecule has 17 heavy (non-hydrogen) atoms. The van der Waals surface area contributed by atoms with Gasteiger partial charge in [0, 0.05) is 24.5 Å². The molecular weight excluding hydrogens is 238 g/mol. The standard InChI is InChI=1S/C11H15N3O2S/c15-9(13-11-12-5-7-17-11)8-14-6-3-1-2-4-10(14)16/h5,7H,1-4,6,8H2,(H,12,13,15). The number of hydrogen-bond donors (Lipinski definition) is 1. The van der Waals surface area contributed by atoms with Gasteiger partial charge in [-0.2, -0.15) is 0 Å². The Morgan fingerprint density at radius 2 is 2.35 bits per heavy atom. The molecule has 0 bridgehead atoms. The lowest BCUT2D eigenvalue weighted by Gasteiger charge is -2.19. The van der Waals surface area contributed by atoms with Crippen molar-refractivity contribution in [3.05, 3.63) is 11.6 Å². The van der Waals surface area contributed by atoms with Gasteiger partial charge in [0.2, 0.25) is 11.8 Å². The predicted molar refractivity (Wildman–Crippen MR) is 65.8 cm³/mol. The van der Waals surface area contributed by atoms with Gasteiger partial charge in [0.05, 0.1) is 6.54 Å². The number of hydrogen-bond acceptors (Lipinski definition) is 4. The molecule has 2 rings (SSSR count). The molecule has 0 aromatic carbocycles. The summed E-state index contributed by atoms with van der Waals surface area (Å²) in [5.74, 6) is -0.0908. The van der Waals surface area contributed by atoms with Crippen LogP contribution in [0.25, 0.3) is 0 Å². The van der Waals surface area contributed by atoms with E-state index < -0.39 is 0 Å². The SMILES string of the molecule is O=C(CN1CCCCCC1=O)Nc1nccs1. The monoisotopic (exact) mass is 253 g/mol. The Morgan fingerprint density at radius 1 is 1.47 bits per heavy atom. The number of amides is 2. The van der Waals surface area contributed by atoms with Crippen molar-refractivity contribution >= 4 is 28.3 Å². The van der Waals surface area contributed by atoms with E-state index in [4.69, 9.17) is 0 Å². The highest BCUT2D eigenvalue weighted by Gasteiger charge is 2.19. The number of carbonyl (C=O) groups excluding carboxylic acids is 2. The van der Waals surface area contributed by atoms with Crippen LogP contribution in [0.15, 0.2) is 11.6 Å². The van der Waals surface area contributed by atoms with Crippen LogP contribution < -0.4 is 5.32 Å². The van der Waals surface area contributed by atoms with Gasteiger partial charge in [-0.1, -0.05) is 6.42 Å². The van der Waals surface area contributed by atoms with Crippen molar-refractivity contribution in [1.82, 2.24) is 9.88 Å². The number of nitrogens with one attached hydrogen (secondary N) is 1. The zero-order chi connectivity index (χ0) is 12.1. The number of rotatable bonds is 3. The number of nitrogens with zero attached hydrogens (tertiary/aromatic N) is 2. The largest absolute Gasteiger partial charge is 0.333 e. The highest BCUT2D eigenvalue weighted by atomic mass is 32.1. The zero-order valence-electron chi connectivity index (χ0n) is 9.52. The number of carbonyl (C=O) groups is 2. The van der Waals surface area contributed by atoms with Crippen molar-refractivity contribution in [3.8, 4) is 0 Å². The van der Waals surface area contributed by atoms with Crippen LogP contribution >= 0.6 is 11.3 Å². The third kappa shape index (κ3) is 3.52. The summed E-state index contributed by atoms with van der Waals surface area (Å²) < 4.78 is 0. The molecule has 0 spiro atoms. The molecule has 1 aliphatic rings. The van der Waals surface area contributed by atoms with E-state index in [-0.39, 0.29) is 18.4 Å². The van der Waals surface area contributed by atoms with E-state index in [9.17, 15) is 9.59 Å². The second kappa shape index (κ2) is 5.77. The summed E-state index contributed by atoms with van der Waals surface area (Å²) in [6, 6.07) is 0. The van der Waals surface area contributed by atoms with Crippen LogP contribution in [0.1, 0.15) is 25.7 Å². The van der Waals surface area contributed by atoms with Crippen LogP contribution in [0.4, 0.5) is 5.13 Å². The van der Waals surface area contributed by atoms with Crippen molar-refractivity contribution in [2.45, 2.75) is 25.7 Å². The lowest BCUT2D eigenvalue weighted by Crippen LogP contribution is -2.37. The molecule has 1 N–H and O–H groups in total. The number of likely N-dealkylation sites (tertiary alicyclic amines) is 1. The maximum absolute atomic E-state index is 11.7. The van der Waals surface area contributed by atoms with Gasteiger partial charge in [-0.25, -0.2) is 4.98 Å². The molecule has 1 aromatic heterocycles. The maximum atomic E-state index is 11.7. The number of aromatic nitrogens is 1. The molecule has 0 saturated carbocycles. The minimum atomic E-state index is -0.171. The molecule has 1 aliphatic heterocycles. The second-order valence-electron chi connectivity index (χ2n) is 4.01. The fourth-order valence-corrected chi connectivity index (χ4v) is 2.37. The molecule has 5 nitrogen and oxygen atoms in total. The van der Waals surface area contributed by atoms with E-state index in [1.165, 1.54) is 11.3 Å². The molecule has 1 saturated heterocycles. The van der Waals surface area contributed by atoms with Gasteiger partial charge in [-0.15, -0.1) is 11.3 Å². The Balaban J connectivity index is 1.86. The van der Waals surface area contributed by atoms with E-state index >= 15 is 0 Å². The van der Waals surface area contributed by atoms with Crippen LogP contribution in [0.3, 0.4) is 0 Å². The van der Waals surface area contributed by atoms with E-state index in [0.717, 1.165) is 19.3 Å². The molecule has 2 amide bonds. The summed E-state index contributed by atoms with van der Waals surface area (Å²) in [7, 11) is 0. The zero-order valence-corrected chi connectivity index (χ0v) is 10.3. The van der Waals surface area contributed by atoms with Gasteiger partial charge in [-0.3, -0.25) is 9.59 Å². The lowest BCUT2D eigenvalue weighted by molar-refractivity contribution is -0.134. The topological polar surface area (TPSA) is 62.3 Å². The first-order valence-electron chi connectivity index (χ1n) is 5.73. The molecule has 2 heterocycles. The summed E-state index contributed by atoms with van der Waals surface area (Å²) in [6.07, 6.45) is 5.18. The van der Waals surface area contributed by atoms with Gasteiger partial charge < -0.3 is 10.2 Å². The molecule has 1 fully saturated rings. The average Bonchev–Trinajstić information content (AvgIpc) is 2.71. The molecule has 1 aromatic rings. The highest BCUT2D eigenvalue weighted by molar-refractivity contribution is 7.13. The molecule has 0 unspecified atom stereocenters. The van der Waals surface area contributed by atoms with E-state index in [0.29, 0.717) is 18.1 Å². The Morgan fingerprint density at radius 3 is 3.12 bits per heavy atom. The molecule has 6 heteroatoms. The highest BCUT2D eigenvalue weighted by Crippen LogP contribution is 2.12. The van der Waals surface area contributed by atoms with Gasteiger partial charge in [0.15, 0.2) is 5.13 Å². The Labute approximate surface area is 104 Å². The number of anilines is 1. The van der Waals surface area contributed by atoms with Crippen LogP contribution in [-0.4, -0.2) is 34.8 Å². The van der Waals surface area contributed by atoms with Crippen molar-refractivity contribution in [2.75, 3.05) is 18.4 Å². The Kier molecular flexibility index (Phi) is 4.08. The van der Waals surface area contributed by atoms with E-state index in [1.54, 1.807) is 16.5 Å². The first-order valence-corrected chi connectivity index (χ1v) is 6.61. The number of thiazole rings is 1. The first kappa shape index (κ1) is 12.0. The Hall–Kier alpha value is -1.43. The van der Waals surface area contributed by atoms with E-state index in [1.807, 2.05) is 0 Å². The molecule has 0 atom stereocenters. The predicted octanol–water partition coefficient (Wildman–Crippen LogP) is 1.48. The van der Waals surface area contributed by atoms with Crippen molar-refractivity contribution in [2.24, 2.45) is 0 Å². The summed E-state index contributed by atoms with van der Waals surface area (Å²) in [5.41, 5.74) is 0. The van der Waals surface area contributed by atoms with Crippen LogP contribution in [0.2, 0.25) is 0 Å². The fourth-order valence-electron chi connectivity index (χ4n) is 1.82. The van der Waals surface area contributed by atoms with Gasteiger partial charge in [0.25, 0.3) is 0 Å². The van der Waals surface area contributed by atoms with Gasteiger partial charge in [-0.05, 0) is 12.8 Å². The summed E-state index contributed by atoms with van der Waals surface area (Å²) in [5, 5.41) is 5.06. The molecule has 0 aliphatic carbocycles. The summed E-state index contributed by atoms with van der Waals surface area (Å²) in [4.78, 5) is 29.0. The van der Waals surface area contributed by atoms with Crippen LogP contribution in [0.5, 0.6) is 0 Å². The minimum absolute atomic E-state index is 0.0804. The third-order valence-electron chi connectivity index (χ3n) is 2.68. The molecule has 0 radical (unpaired) electrons. The van der Waals surface area contributed by atoms with Gasteiger partial charge in [0.1, 0.15) is 0 Å². The van der Waals surface area contributed by atoms with E-state index in [2.05, 4.69) is 10.3 Å². The van der Waals surface area contributed by atoms with Crippen molar-refractivity contribution in [3.63, 3.8) is 0 Å². The lowest BCUT2D eigenvalue weighted by atomic mass is 10.2. The minimum Gasteiger partial charge on any atom is -0.333 e. The summed E-state index contributed by atoms with van der Waals surface area (Å²) in [6.45, 7) is 0.822. The first-order chi connectivity index (χ1) is 8.25. The van der Waals surface area contributed by atoms with Crippen molar-refractivity contribution in [1.29, 1.82) is 0 Å². The van der Waals surface area contributed by atoms with Gasteiger partial charge >= 0.3 is 0 Å². The van der Waals surface area contributed by atoms with Crippen LogP contribution in [0, 0.1) is 0 Å². The van der Waals surface area contributed by atoms with Crippen LogP contribution in [-0.2, 0) is 9.59 Å². The average molecular weight is 253 g/mol.